The monoisotopic (exact) mass is 386 g/mol. The van der Waals surface area contributed by atoms with E-state index in [1.807, 2.05) is 12.1 Å². The Labute approximate surface area is 164 Å². The zero-order valence-electron chi connectivity index (χ0n) is 15.7. The maximum atomic E-state index is 13.2. The fourth-order valence-corrected chi connectivity index (χ4v) is 3.51. The highest BCUT2D eigenvalue weighted by atomic mass is 35.5. The second-order valence-electron chi connectivity index (χ2n) is 7.01. The number of hydrogen-bond acceptors (Lipinski definition) is 3. The number of ether oxygens (including phenoxy) is 1. The maximum Gasteiger partial charge on any atom is 0.253 e. The Morgan fingerprint density at radius 3 is 2.30 bits per heavy atom. The van der Waals surface area contributed by atoms with Gasteiger partial charge in [0, 0.05) is 24.7 Å². The van der Waals surface area contributed by atoms with Gasteiger partial charge in [0.2, 0.25) is 5.91 Å². The molecule has 1 fully saturated rings. The van der Waals surface area contributed by atoms with Crippen molar-refractivity contribution in [1.29, 1.82) is 0 Å². The summed E-state index contributed by atoms with van der Waals surface area (Å²) in [6.45, 7) is 0. The van der Waals surface area contributed by atoms with Crippen LogP contribution >= 0.6 is 11.6 Å². The van der Waals surface area contributed by atoms with Gasteiger partial charge in [-0.3, -0.25) is 9.59 Å². The largest absolute Gasteiger partial charge is 0.495 e. The van der Waals surface area contributed by atoms with Crippen molar-refractivity contribution < 1.29 is 14.3 Å². The number of hydrogen-bond donors (Lipinski definition) is 1. The number of nitrogens with one attached hydrogen (secondary N) is 1. The van der Waals surface area contributed by atoms with Crippen LogP contribution in [0.25, 0.3) is 0 Å². The van der Waals surface area contributed by atoms with E-state index in [0.717, 1.165) is 24.8 Å². The molecule has 0 saturated heterocycles. The first-order valence-corrected chi connectivity index (χ1v) is 9.22. The molecule has 0 bridgehead atoms. The number of benzene rings is 2. The van der Waals surface area contributed by atoms with Gasteiger partial charge >= 0.3 is 0 Å². The van der Waals surface area contributed by atoms with Crippen LogP contribution in [-0.4, -0.2) is 37.9 Å². The molecule has 1 aliphatic rings. The molecule has 0 radical (unpaired) electrons. The first-order valence-electron chi connectivity index (χ1n) is 8.84. The number of nitrogens with zero attached hydrogens (tertiary/aromatic N) is 1. The molecule has 2 aromatic rings. The Kier molecular flexibility index (Phi) is 5.42. The molecule has 0 unspecified atom stereocenters. The number of anilines is 1. The summed E-state index contributed by atoms with van der Waals surface area (Å²) in [5.74, 6) is 0.289. The highest BCUT2D eigenvalue weighted by Gasteiger charge is 2.45. The average molecular weight is 387 g/mol. The number of amides is 2. The van der Waals surface area contributed by atoms with Crippen LogP contribution < -0.4 is 10.1 Å². The molecule has 1 aliphatic carbocycles. The van der Waals surface area contributed by atoms with E-state index >= 15 is 0 Å². The normalized spacial score (nSPS) is 14.8. The van der Waals surface area contributed by atoms with Crippen molar-refractivity contribution in [3.8, 4) is 5.75 Å². The highest BCUT2D eigenvalue weighted by molar-refractivity contribution is 6.30. The van der Waals surface area contributed by atoms with Crippen molar-refractivity contribution >= 4 is 29.1 Å². The molecule has 2 aromatic carbocycles. The summed E-state index contributed by atoms with van der Waals surface area (Å²) >= 11 is 5.99. The number of halogens is 1. The van der Waals surface area contributed by atoms with Crippen molar-refractivity contribution in [2.45, 2.75) is 24.7 Å². The Morgan fingerprint density at radius 2 is 1.78 bits per heavy atom. The van der Waals surface area contributed by atoms with Gasteiger partial charge in [0.1, 0.15) is 5.75 Å². The first kappa shape index (κ1) is 19.2. The summed E-state index contributed by atoms with van der Waals surface area (Å²) in [6.07, 6.45) is 2.55. The summed E-state index contributed by atoms with van der Waals surface area (Å²) in [5.41, 5.74) is 1.37. The van der Waals surface area contributed by atoms with E-state index in [4.69, 9.17) is 16.3 Å². The SMILES string of the molecule is COc1ccc(C(=O)N(C)C)cc1NC(=O)C1(c2ccc(Cl)cc2)CCC1. The summed E-state index contributed by atoms with van der Waals surface area (Å²) in [6, 6.07) is 12.5. The summed E-state index contributed by atoms with van der Waals surface area (Å²) < 4.78 is 5.37. The van der Waals surface area contributed by atoms with Gasteiger partial charge in [-0.2, -0.15) is 0 Å². The Balaban J connectivity index is 1.91. The van der Waals surface area contributed by atoms with E-state index in [2.05, 4.69) is 5.32 Å². The van der Waals surface area contributed by atoms with Crippen LogP contribution in [0.4, 0.5) is 5.69 Å². The van der Waals surface area contributed by atoms with Gasteiger partial charge in [0.15, 0.2) is 0 Å². The van der Waals surface area contributed by atoms with Gasteiger partial charge in [-0.15, -0.1) is 0 Å². The van der Waals surface area contributed by atoms with Crippen LogP contribution in [0.5, 0.6) is 5.75 Å². The minimum absolute atomic E-state index is 0.0937. The van der Waals surface area contributed by atoms with Crippen molar-refractivity contribution in [1.82, 2.24) is 4.90 Å². The van der Waals surface area contributed by atoms with Crippen LogP contribution in [-0.2, 0) is 10.2 Å². The molecule has 5 nitrogen and oxygen atoms in total. The second-order valence-corrected chi connectivity index (χ2v) is 7.45. The zero-order chi connectivity index (χ0) is 19.6. The van der Waals surface area contributed by atoms with E-state index in [9.17, 15) is 9.59 Å². The van der Waals surface area contributed by atoms with Crippen LogP contribution in [0.15, 0.2) is 42.5 Å². The lowest BCUT2D eigenvalue weighted by Gasteiger charge is -2.40. The third kappa shape index (κ3) is 3.65. The number of methoxy groups -OCH3 is 1. The molecule has 1 N–H and O–H groups in total. The molecule has 0 aliphatic heterocycles. The molecule has 6 heteroatoms. The minimum atomic E-state index is -0.572. The summed E-state index contributed by atoms with van der Waals surface area (Å²) in [7, 11) is 4.92. The predicted octanol–water partition coefficient (Wildman–Crippen LogP) is 4.11. The van der Waals surface area contributed by atoms with E-state index < -0.39 is 5.41 Å². The number of carbonyl (C=O) groups is 2. The maximum absolute atomic E-state index is 13.2. The van der Waals surface area contributed by atoms with Gasteiger partial charge in [0.05, 0.1) is 18.2 Å². The molecular weight excluding hydrogens is 364 g/mol. The van der Waals surface area contributed by atoms with Crippen molar-refractivity contribution in [3.05, 3.63) is 58.6 Å². The van der Waals surface area contributed by atoms with Crippen LogP contribution in [0, 0.1) is 0 Å². The molecule has 0 aromatic heterocycles. The fourth-order valence-electron chi connectivity index (χ4n) is 3.38. The third-order valence-corrected chi connectivity index (χ3v) is 5.39. The zero-order valence-corrected chi connectivity index (χ0v) is 16.5. The van der Waals surface area contributed by atoms with Gasteiger partial charge in [-0.25, -0.2) is 0 Å². The second kappa shape index (κ2) is 7.61. The topological polar surface area (TPSA) is 58.6 Å². The lowest BCUT2D eigenvalue weighted by atomic mass is 9.64. The van der Waals surface area contributed by atoms with Crippen LogP contribution in [0.3, 0.4) is 0 Å². The molecule has 2 amide bonds. The first-order chi connectivity index (χ1) is 12.9. The number of carbonyl (C=O) groups excluding carboxylic acids is 2. The van der Waals surface area contributed by atoms with Gasteiger partial charge in [-0.05, 0) is 48.7 Å². The molecule has 1 saturated carbocycles. The standard InChI is InChI=1S/C21H23ClN2O3/c1-24(2)19(25)14-5-10-18(27-3)17(13-14)23-20(26)21(11-4-12-21)15-6-8-16(22)9-7-15/h5-10,13H,4,11-12H2,1-3H3,(H,23,26). The van der Waals surface area contributed by atoms with E-state index in [0.29, 0.717) is 22.0 Å². The summed E-state index contributed by atoms with van der Waals surface area (Å²) in [4.78, 5) is 26.9. The molecule has 0 spiro atoms. The molecule has 3 rings (SSSR count). The van der Waals surface area contributed by atoms with Crippen LogP contribution in [0.1, 0.15) is 35.2 Å². The van der Waals surface area contributed by atoms with E-state index in [1.54, 1.807) is 44.4 Å². The third-order valence-electron chi connectivity index (χ3n) is 5.14. The predicted molar refractivity (Wildman–Crippen MR) is 107 cm³/mol. The highest BCUT2D eigenvalue weighted by Crippen LogP contribution is 2.45. The summed E-state index contributed by atoms with van der Waals surface area (Å²) in [5, 5.41) is 3.63. The quantitative estimate of drug-likeness (QED) is 0.841. The lowest BCUT2D eigenvalue weighted by Crippen LogP contribution is -2.46. The van der Waals surface area contributed by atoms with Crippen molar-refractivity contribution in [2.75, 3.05) is 26.5 Å². The smallest absolute Gasteiger partial charge is 0.253 e. The Hall–Kier alpha value is -2.53. The van der Waals surface area contributed by atoms with Gasteiger partial charge in [0.25, 0.3) is 5.91 Å². The fraction of sp³-hybridized carbons (Fsp3) is 0.333. The van der Waals surface area contributed by atoms with Crippen molar-refractivity contribution in [2.24, 2.45) is 0 Å². The molecule has 0 atom stereocenters. The molecule has 142 valence electrons. The Bertz CT molecular complexity index is 858. The van der Waals surface area contributed by atoms with Crippen molar-refractivity contribution in [3.63, 3.8) is 0 Å². The molecule has 27 heavy (non-hydrogen) atoms. The molecule has 0 heterocycles. The lowest BCUT2D eigenvalue weighted by molar-refractivity contribution is -0.124. The van der Waals surface area contributed by atoms with Gasteiger partial charge in [-0.1, -0.05) is 30.2 Å². The number of rotatable bonds is 5. The van der Waals surface area contributed by atoms with E-state index in [-0.39, 0.29) is 11.8 Å². The Morgan fingerprint density at radius 1 is 1.11 bits per heavy atom. The van der Waals surface area contributed by atoms with E-state index in [1.165, 1.54) is 12.0 Å². The minimum Gasteiger partial charge on any atom is -0.495 e. The van der Waals surface area contributed by atoms with Crippen LogP contribution in [0.2, 0.25) is 5.02 Å². The van der Waals surface area contributed by atoms with Gasteiger partial charge < -0.3 is 15.0 Å². The average Bonchev–Trinajstić information content (AvgIpc) is 2.61. The molecular formula is C21H23ClN2O3.